The number of allylic oxidation sites excluding steroid dienone is 1. The fourth-order valence-corrected chi connectivity index (χ4v) is 11.0. The van der Waals surface area contributed by atoms with Crippen molar-refractivity contribution in [3.8, 4) is 17.2 Å². The maximum absolute atomic E-state index is 14.9. The molecule has 3 aliphatic rings. The van der Waals surface area contributed by atoms with E-state index >= 15 is 0 Å². The Morgan fingerprint density at radius 3 is 2.35 bits per heavy atom. The molecule has 0 bridgehead atoms. The predicted octanol–water partition coefficient (Wildman–Crippen LogP) is 12.5. The van der Waals surface area contributed by atoms with Gasteiger partial charge >= 0.3 is 6.09 Å². The van der Waals surface area contributed by atoms with Crippen molar-refractivity contribution in [3.05, 3.63) is 174 Å². The van der Waals surface area contributed by atoms with E-state index in [2.05, 4.69) is 55.1 Å². The molecule has 0 unspecified atom stereocenters. The van der Waals surface area contributed by atoms with E-state index in [9.17, 15) is 15.0 Å². The van der Waals surface area contributed by atoms with Crippen LogP contribution in [0.25, 0.3) is 21.5 Å². The van der Waals surface area contributed by atoms with Gasteiger partial charge in [0.1, 0.15) is 36.5 Å². The van der Waals surface area contributed by atoms with Gasteiger partial charge in [0.2, 0.25) is 5.79 Å². The Bertz CT molecular complexity index is 2770. The minimum absolute atomic E-state index is 0.00409. The molecule has 10 nitrogen and oxygen atoms in total. The van der Waals surface area contributed by atoms with Gasteiger partial charge in [0.25, 0.3) is 0 Å². The Labute approximate surface area is 409 Å². The van der Waals surface area contributed by atoms with E-state index < -0.39 is 23.8 Å². The number of hydrogen-bond acceptors (Lipinski definition) is 9. The van der Waals surface area contributed by atoms with Gasteiger partial charge in [0, 0.05) is 31.1 Å². The molecule has 1 aliphatic heterocycles. The second-order valence-electron chi connectivity index (χ2n) is 18.2. The van der Waals surface area contributed by atoms with Crippen LogP contribution in [0.5, 0.6) is 17.2 Å². The molecule has 358 valence electrons. The quantitative estimate of drug-likeness (QED) is 0.0317. The highest BCUT2D eigenvalue weighted by atomic mass is 35.5. The normalized spacial score (nSPS) is 22.0. The summed E-state index contributed by atoms with van der Waals surface area (Å²) in [5.41, 5.74) is 4.47. The fraction of sp³-hybridized carbons (Fsp3) is 0.345. The Balaban J connectivity index is 1.25. The van der Waals surface area contributed by atoms with E-state index in [1.807, 2.05) is 91.0 Å². The summed E-state index contributed by atoms with van der Waals surface area (Å²) >= 11 is 6.21. The van der Waals surface area contributed by atoms with E-state index in [4.69, 9.17) is 40.5 Å². The maximum atomic E-state index is 14.9. The number of fused-ring (bicyclic) bond motifs is 4. The first-order valence-corrected chi connectivity index (χ1v) is 24.8. The monoisotopic (exact) mass is 948 g/mol. The maximum Gasteiger partial charge on any atom is 0.410 e. The van der Waals surface area contributed by atoms with Crippen LogP contribution in [0.4, 0.5) is 4.79 Å². The molecule has 1 amide bonds. The fourth-order valence-electron chi connectivity index (χ4n) is 11.0. The third-order valence-corrected chi connectivity index (χ3v) is 14.1. The van der Waals surface area contributed by atoms with E-state index in [1.165, 1.54) is 0 Å². The summed E-state index contributed by atoms with van der Waals surface area (Å²) in [5.74, 6) is -0.0870. The smallest absolute Gasteiger partial charge is 0.410 e. The number of benzene rings is 6. The molecular formula is C58H61ClN2O8. The van der Waals surface area contributed by atoms with Crippen LogP contribution >= 0.6 is 11.6 Å². The molecule has 69 heavy (non-hydrogen) atoms. The largest absolute Gasteiger partial charge is 0.459 e. The molecule has 1 fully saturated rings. The number of unbranched alkanes of at least 4 members (excludes halogenated alkanes) is 2. The zero-order valence-corrected chi connectivity index (χ0v) is 39.7. The molecule has 0 radical (unpaired) electrons. The summed E-state index contributed by atoms with van der Waals surface area (Å²) in [4.78, 5) is 23.0. The number of hydrogen-bond donors (Lipinski definition) is 2. The minimum atomic E-state index is -1.49. The number of aliphatic hydroxyl groups is 2. The van der Waals surface area contributed by atoms with E-state index in [0.29, 0.717) is 35.8 Å². The van der Waals surface area contributed by atoms with Gasteiger partial charge in [-0.3, -0.25) is 4.90 Å². The van der Waals surface area contributed by atoms with Crippen molar-refractivity contribution in [3.63, 3.8) is 0 Å². The third kappa shape index (κ3) is 10.4. The average Bonchev–Trinajstić information content (AvgIpc) is 3.38. The molecule has 1 saturated carbocycles. The second kappa shape index (κ2) is 22.5. The van der Waals surface area contributed by atoms with Gasteiger partial charge in [-0.15, -0.1) is 18.2 Å². The molecule has 0 spiro atoms. The lowest BCUT2D eigenvalue weighted by Gasteiger charge is -2.59. The van der Waals surface area contributed by atoms with Crippen LogP contribution in [-0.2, 0) is 27.5 Å². The van der Waals surface area contributed by atoms with Crippen LogP contribution in [0.1, 0.15) is 67.6 Å². The van der Waals surface area contributed by atoms with Crippen molar-refractivity contribution in [2.45, 2.75) is 75.8 Å². The summed E-state index contributed by atoms with van der Waals surface area (Å²) in [6.45, 7) is 4.81. The molecule has 0 saturated heterocycles. The van der Waals surface area contributed by atoms with Crippen molar-refractivity contribution in [2.24, 2.45) is 22.9 Å². The minimum Gasteiger partial charge on any atom is -0.459 e. The van der Waals surface area contributed by atoms with E-state index in [-0.39, 0.29) is 69.6 Å². The highest BCUT2D eigenvalue weighted by Crippen LogP contribution is 2.62. The van der Waals surface area contributed by atoms with Crippen molar-refractivity contribution in [2.75, 3.05) is 32.3 Å². The third-order valence-electron chi connectivity index (χ3n) is 14.0. The average molecular weight is 950 g/mol. The van der Waals surface area contributed by atoms with Gasteiger partial charge in [-0.2, -0.15) is 0 Å². The molecule has 2 N–H and O–H groups in total. The first-order chi connectivity index (χ1) is 33.9. The molecule has 6 aromatic carbocycles. The van der Waals surface area contributed by atoms with Crippen LogP contribution in [-0.4, -0.2) is 71.1 Å². The standard InChI is InChI=1S/C58H61ClN2O8/c1-2-32-66-58-54(61(57(64)65-33-29-59)38-45-22-14-21-42-18-8-9-23-48(42)45)37-52(60-67-39-40-15-4-3-5-16-40)50-35-44(20-10-12-30-62)49(24-11-13-31-63)55(56(50)58)51-36-47(27-28-53(51)69-58)68-46-26-25-41-17-6-7-19-43(41)34-46/h2-9,14-19,21-23,25-28,34-36,44,49,54-56,62-63H,1,10-13,20,24,29-33,37-39H2/t44-,49+,54-,55+,56+,58+/m0/s1. The number of rotatable bonds is 21. The van der Waals surface area contributed by atoms with Gasteiger partial charge in [0.15, 0.2) is 0 Å². The van der Waals surface area contributed by atoms with Crippen molar-refractivity contribution >= 4 is 45.0 Å². The van der Waals surface area contributed by atoms with Gasteiger partial charge < -0.3 is 34.0 Å². The first-order valence-electron chi connectivity index (χ1n) is 24.3. The Kier molecular flexibility index (Phi) is 15.6. The number of alkyl halides is 1. The number of nitrogens with zero attached hydrogens (tertiary/aromatic N) is 2. The number of carbonyl (C=O) groups excluding carboxylic acids is 1. The van der Waals surface area contributed by atoms with Crippen molar-refractivity contribution in [1.29, 1.82) is 0 Å². The van der Waals surface area contributed by atoms with Gasteiger partial charge in [-0.1, -0.05) is 133 Å². The lowest BCUT2D eigenvalue weighted by Crippen LogP contribution is -2.70. The van der Waals surface area contributed by atoms with Gasteiger partial charge in [-0.25, -0.2) is 4.79 Å². The Hall–Kier alpha value is -6.17. The Morgan fingerprint density at radius 1 is 0.826 bits per heavy atom. The lowest BCUT2D eigenvalue weighted by molar-refractivity contribution is -0.256. The van der Waals surface area contributed by atoms with Crippen LogP contribution in [0.15, 0.2) is 163 Å². The molecule has 6 aromatic rings. The Morgan fingerprint density at radius 2 is 1.55 bits per heavy atom. The molecule has 1 heterocycles. The molecular weight excluding hydrogens is 888 g/mol. The zero-order chi connectivity index (χ0) is 47.6. The number of amides is 1. The summed E-state index contributed by atoms with van der Waals surface area (Å²) in [6.07, 6.45) is 8.25. The molecule has 2 aliphatic carbocycles. The second-order valence-corrected chi connectivity index (χ2v) is 18.6. The van der Waals surface area contributed by atoms with E-state index in [1.54, 1.807) is 11.0 Å². The number of halogens is 1. The van der Waals surface area contributed by atoms with Crippen LogP contribution in [0.2, 0.25) is 0 Å². The van der Waals surface area contributed by atoms with Crippen LogP contribution in [0.3, 0.4) is 0 Å². The SMILES string of the molecule is C=CCO[C@@]12Oc3ccc(Oc4ccc5ccccc5c4)cc3[C@H]3[C@H](CCCCO)[C@@H](CCCCO)C=C(C(=NOCc4ccccc4)C[C@@H]1N(Cc1cccc4ccccc14)C(=O)OCCCl)[C@H]32. The number of aliphatic hydroxyl groups excluding tert-OH is 2. The molecule has 9 rings (SSSR count). The lowest BCUT2D eigenvalue weighted by atomic mass is 9.55. The molecule has 11 heteroatoms. The van der Waals surface area contributed by atoms with Crippen LogP contribution in [0, 0.1) is 17.8 Å². The molecule has 0 aromatic heterocycles. The zero-order valence-electron chi connectivity index (χ0n) is 39.0. The number of oxime groups is 1. The first kappa shape index (κ1) is 47.9. The highest BCUT2D eigenvalue weighted by molar-refractivity contribution is 6.18. The van der Waals surface area contributed by atoms with Gasteiger partial charge in [0.05, 0.1) is 30.7 Å². The van der Waals surface area contributed by atoms with Crippen molar-refractivity contribution in [1.82, 2.24) is 4.90 Å². The van der Waals surface area contributed by atoms with E-state index in [0.717, 1.165) is 69.5 Å². The summed E-state index contributed by atoms with van der Waals surface area (Å²) in [5, 5.41) is 29.4. The van der Waals surface area contributed by atoms with Crippen molar-refractivity contribution < 1.29 is 38.8 Å². The predicted molar refractivity (Wildman–Crippen MR) is 272 cm³/mol. The summed E-state index contributed by atoms with van der Waals surface area (Å²) in [7, 11) is 0. The number of carbonyl (C=O) groups is 1. The van der Waals surface area contributed by atoms with Gasteiger partial charge in [-0.05, 0) is 106 Å². The van der Waals surface area contributed by atoms with Crippen LogP contribution < -0.4 is 9.47 Å². The number of ether oxygens (including phenoxy) is 4. The summed E-state index contributed by atoms with van der Waals surface area (Å²) < 4.78 is 27.4. The highest BCUT2D eigenvalue weighted by Gasteiger charge is 2.65. The topological polar surface area (TPSA) is 119 Å². The molecule has 6 atom stereocenters. The summed E-state index contributed by atoms with van der Waals surface area (Å²) in [6, 6.07) is 43.7.